The van der Waals surface area contributed by atoms with Gasteiger partial charge in [-0.25, -0.2) is 9.59 Å². The minimum atomic E-state index is -0.506. The summed E-state index contributed by atoms with van der Waals surface area (Å²) < 4.78 is 31.3. The van der Waals surface area contributed by atoms with Crippen molar-refractivity contribution in [1.82, 2.24) is 9.80 Å². The topological polar surface area (TPSA) is 121 Å². The largest absolute Gasteiger partial charge is 0.447 e. The third-order valence-electron chi connectivity index (χ3n) is 3.39. The highest BCUT2D eigenvalue weighted by atomic mass is 16.6. The van der Waals surface area contributed by atoms with Crippen LogP contribution in [0.4, 0.5) is 9.59 Å². The molecule has 182 valence electrons. The van der Waals surface area contributed by atoms with E-state index in [4.69, 9.17) is 28.4 Å². The summed E-state index contributed by atoms with van der Waals surface area (Å²) in [6.07, 6.45) is 4.64. The Kier molecular flexibility index (Phi) is 19.6. The zero-order chi connectivity index (χ0) is 23.9. The van der Waals surface area contributed by atoms with Crippen molar-refractivity contribution in [3.05, 3.63) is 24.8 Å². The number of carbonyl (C=O) groups excluding carboxylic acids is 2. The van der Waals surface area contributed by atoms with Gasteiger partial charge in [-0.3, -0.25) is 19.8 Å². The van der Waals surface area contributed by atoms with Gasteiger partial charge in [-0.2, -0.15) is 0 Å². The number of aliphatic imine (C=N–C) groups is 2. The summed E-state index contributed by atoms with van der Waals surface area (Å²) >= 11 is 0. The molecule has 0 saturated heterocycles. The van der Waals surface area contributed by atoms with Gasteiger partial charge in [-0.1, -0.05) is 0 Å². The van der Waals surface area contributed by atoms with Crippen molar-refractivity contribution in [3.63, 3.8) is 0 Å². The Balaban J connectivity index is 3.35. The Morgan fingerprint density at radius 3 is 1.19 bits per heavy atom. The maximum atomic E-state index is 11.5. The molecule has 32 heavy (non-hydrogen) atoms. The Hall–Kier alpha value is -2.80. The highest BCUT2D eigenvalue weighted by Gasteiger charge is 2.06. The predicted molar refractivity (Wildman–Crippen MR) is 119 cm³/mol. The summed E-state index contributed by atoms with van der Waals surface area (Å²) in [6.45, 7) is 9.77. The summed E-state index contributed by atoms with van der Waals surface area (Å²) in [5, 5.41) is 0. The first kappa shape index (κ1) is 29.2. The highest BCUT2D eigenvalue weighted by Crippen LogP contribution is 1.93. The van der Waals surface area contributed by atoms with Gasteiger partial charge in [0, 0.05) is 38.9 Å². The summed E-state index contributed by atoms with van der Waals surface area (Å²) in [6, 6.07) is 0. The van der Waals surface area contributed by atoms with E-state index in [9.17, 15) is 9.59 Å². The van der Waals surface area contributed by atoms with E-state index in [1.807, 2.05) is 0 Å². The van der Waals surface area contributed by atoms with Gasteiger partial charge in [-0.05, 0) is 13.4 Å². The van der Waals surface area contributed by atoms with Gasteiger partial charge in [0.2, 0.25) is 0 Å². The lowest BCUT2D eigenvalue weighted by atomic mass is 10.7. The number of rotatable bonds is 19. The lowest BCUT2D eigenvalue weighted by molar-refractivity contribution is -0.0112. The molecule has 0 aliphatic carbocycles. The van der Waals surface area contributed by atoms with E-state index < -0.39 is 12.2 Å². The van der Waals surface area contributed by atoms with Crippen molar-refractivity contribution >= 4 is 25.6 Å². The van der Waals surface area contributed by atoms with Gasteiger partial charge < -0.3 is 28.4 Å². The third kappa shape index (κ3) is 18.0. The van der Waals surface area contributed by atoms with Gasteiger partial charge in [0.15, 0.2) is 0 Å². The van der Waals surface area contributed by atoms with E-state index in [-0.39, 0.29) is 26.4 Å². The minimum Gasteiger partial charge on any atom is -0.447 e. The molecule has 0 radical (unpaired) electrons. The second-order valence-electron chi connectivity index (χ2n) is 5.86. The number of hydrogen-bond acceptors (Lipinski definition) is 10. The number of nitrogens with zero attached hydrogens (tertiary/aromatic N) is 4. The molecule has 12 heteroatoms. The number of carbonyl (C=O) groups is 2. The van der Waals surface area contributed by atoms with Crippen molar-refractivity contribution < 1.29 is 38.0 Å². The fourth-order valence-corrected chi connectivity index (χ4v) is 1.76. The third-order valence-corrected chi connectivity index (χ3v) is 3.39. The fourth-order valence-electron chi connectivity index (χ4n) is 1.76. The standard InChI is InChI=1S/C20H34N4O8/c1-21-5-7-23(3)19(25)31-17-15-29-13-11-27-9-10-28-12-14-30-16-18-32-20(26)24(4)8-6-22-2/h5-8H,1-2,9-18H2,3-4H3/b7-5-,8-6-. The quantitative estimate of drug-likeness (QED) is 0.211. The Morgan fingerprint density at radius 1 is 0.625 bits per heavy atom. The van der Waals surface area contributed by atoms with Crippen LogP contribution in [-0.2, 0) is 28.4 Å². The molecule has 12 nitrogen and oxygen atoms in total. The zero-order valence-corrected chi connectivity index (χ0v) is 18.8. The molecule has 0 bridgehead atoms. The molecule has 2 amide bonds. The molecular formula is C20H34N4O8. The van der Waals surface area contributed by atoms with Crippen LogP contribution < -0.4 is 0 Å². The first-order chi connectivity index (χ1) is 15.5. The molecule has 0 heterocycles. The molecule has 0 fully saturated rings. The lowest BCUT2D eigenvalue weighted by Crippen LogP contribution is -2.24. The molecule has 0 saturated carbocycles. The summed E-state index contributed by atoms with van der Waals surface area (Å²) in [5.74, 6) is 0. The fraction of sp³-hybridized carbons (Fsp3) is 0.600. The van der Waals surface area contributed by atoms with Crippen LogP contribution in [0, 0.1) is 0 Å². The second kappa shape index (κ2) is 21.4. The van der Waals surface area contributed by atoms with Crippen molar-refractivity contribution in [3.8, 4) is 0 Å². The van der Waals surface area contributed by atoms with Crippen LogP contribution in [0.2, 0.25) is 0 Å². The molecule has 0 unspecified atom stereocenters. The van der Waals surface area contributed by atoms with Crippen molar-refractivity contribution in [2.24, 2.45) is 9.98 Å². The maximum absolute atomic E-state index is 11.5. The zero-order valence-electron chi connectivity index (χ0n) is 18.8. The number of amides is 2. The van der Waals surface area contributed by atoms with Crippen molar-refractivity contribution in [1.29, 1.82) is 0 Å². The molecule has 0 N–H and O–H groups in total. The van der Waals surface area contributed by atoms with Gasteiger partial charge >= 0.3 is 12.2 Å². The maximum Gasteiger partial charge on any atom is 0.413 e. The molecule has 0 aromatic carbocycles. The molecule has 0 spiro atoms. The summed E-state index contributed by atoms with van der Waals surface area (Å²) in [5.41, 5.74) is 0. The molecule has 0 aliphatic rings. The predicted octanol–water partition coefficient (Wildman–Crippen LogP) is 1.53. The number of hydrogen-bond donors (Lipinski definition) is 0. The van der Waals surface area contributed by atoms with Crippen molar-refractivity contribution in [2.45, 2.75) is 0 Å². The smallest absolute Gasteiger partial charge is 0.413 e. The average Bonchev–Trinajstić information content (AvgIpc) is 2.80. The van der Waals surface area contributed by atoms with Crippen LogP contribution in [0.5, 0.6) is 0 Å². The van der Waals surface area contributed by atoms with Crippen LogP contribution >= 0.6 is 0 Å². The van der Waals surface area contributed by atoms with E-state index >= 15 is 0 Å². The molecule has 0 aromatic heterocycles. The van der Waals surface area contributed by atoms with Gasteiger partial charge in [-0.15, -0.1) is 0 Å². The Labute approximate surface area is 189 Å². The minimum absolute atomic E-state index is 0.140. The molecule has 0 atom stereocenters. The Bertz CT molecular complexity index is 536. The normalized spacial score (nSPS) is 10.9. The van der Waals surface area contributed by atoms with E-state index in [1.165, 1.54) is 34.6 Å². The molecule has 0 rings (SSSR count). The van der Waals surface area contributed by atoms with Crippen LogP contribution in [0.25, 0.3) is 0 Å². The van der Waals surface area contributed by atoms with Gasteiger partial charge in [0.1, 0.15) is 13.2 Å². The summed E-state index contributed by atoms with van der Waals surface area (Å²) in [4.78, 5) is 32.5. The van der Waals surface area contributed by atoms with Crippen LogP contribution in [0.15, 0.2) is 34.8 Å². The van der Waals surface area contributed by atoms with E-state index in [0.29, 0.717) is 39.6 Å². The summed E-state index contributed by atoms with van der Waals surface area (Å²) in [7, 11) is 3.10. The van der Waals surface area contributed by atoms with Crippen molar-refractivity contribution in [2.75, 3.05) is 80.2 Å². The molecule has 0 aromatic rings. The molecule has 0 aliphatic heterocycles. The molecular weight excluding hydrogens is 424 g/mol. The SMILES string of the molecule is C=N/C=C\N(C)C(=O)OCCOCCOCCOCCOCCOC(=O)N(C)/C=C\N=C. The monoisotopic (exact) mass is 458 g/mol. The van der Waals surface area contributed by atoms with Gasteiger partial charge in [0.25, 0.3) is 0 Å². The average molecular weight is 459 g/mol. The Morgan fingerprint density at radius 2 is 0.906 bits per heavy atom. The van der Waals surface area contributed by atoms with Gasteiger partial charge in [0.05, 0.1) is 52.9 Å². The first-order valence-corrected chi connectivity index (χ1v) is 9.88. The first-order valence-electron chi connectivity index (χ1n) is 9.88. The van der Waals surface area contributed by atoms with Crippen LogP contribution in [0.1, 0.15) is 0 Å². The number of ether oxygens (including phenoxy) is 6. The van der Waals surface area contributed by atoms with E-state index in [1.54, 1.807) is 14.1 Å². The second-order valence-corrected chi connectivity index (χ2v) is 5.86. The van der Waals surface area contributed by atoms with Crippen LogP contribution in [-0.4, -0.2) is 116 Å². The lowest BCUT2D eigenvalue weighted by Gasteiger charge is -2.12. The van der Waals surface area contributed by atoms with E-state index in [2.05, 4.69) is 23.4 Å². The highest BCUT2D eigenvalue weighted by molar-refractivity contribution is 5.68. The van der Waals surface area contributed by atoms with Crippen LogP contribution in [0.3, 0.4) is 0 Å². The van der Waals surface area contributed by atoms with E-state index in [0.717, 1.165) is 0 Å².